The molecule has 0 aliphatic rings. The van der Waals surface area contributed by atoms with Crippen molar-refractivity contribution in [3.8, 4) is 22.3 Å². The van der Waals surface area contributed by atoms with Crippen molar-refractivity contribution in [3.63, 3.8) is 0 Å². The summed E-state index contributed by atoms with van der Waals surface area (Å²) in [6.45, 7) is 4.66. The summed E-state index contributed by atoms with van der Waals surface area (Å²) in [7, 11) is 0. The molecule has 52 heavy (non-hydrogen) atoms. The van der Waals surface area contributed by atoms with Gasteiger partial charge in [-0.3, -0.25) is 0 Å². The van der Waals surface area contributed by atoms with Gasteiger partial charge in [0, 0.05) is 22.5 Å². The van der Waals surface area contributed by atoms with Gasteiger partial charge in [0.05, 0.1) is 0 Å². The van der Waals surface area contributed by atoms with Crippen molar-refractivity contribution in [2.24, 2.45) is 0 Å². The highest BCUT2D eigenvalue weighted by Gasteiger charge is 2.24. The summed E-state index contributed by atoms with van der Waals surface area (Å²) >= 11 is 0. The van der Waals surface area contributed by atoms with Crippen molar-refractivity contribution in [2.45, 2.75) is 19.3 Å². The third-order valence-corrected chi connectivity index (χ3v) is 10.8. The van der Waals surface area contributed by atoms with Crippen LogP contribution in [0, 0.1) is 0 Å². The van der Waals surface area contributed by atoms with Gasteiger partial charge in [0.15, 0.2) is 0 Å². The first-order valence-electron chi connectivity index (χ1n) is 18.1. The van der Waals surface area contributed by atoms with E-state index in [0.717, 1.165) is 17.1 Å². The van der Waals surface area contributed by atoms with Crippen molar-refractivity contribution in [2.75, 3.05) is 4.90 Å². The van der Waals surface area contributed by atoms with Gasteiger partial charge in [0.25, 0.3) is 0 Å². The second kappa shape index (κ2) is 13.0. The van der Waals surface area contributed by atoms with Gasteiger partial charge >= 0.3 is 0 Å². The molecule has 1 heteroatoms. The van der Waals surface area contributed by atoms with Gasteiger partial charge in [-0.25, -0.2) is 0 Å². The van der Waals surface area contributed by atoms with Gasteiger partial charge in [0.1, 0.15) is 0 Å². The van der Waals surface area contributed by atoms with E-state index in [1.165, 1.54) is 65.7 Å². The van der Waals surface area contributed by atoms with Crippen LogP contribution in [0.1, 0.15) is 25.0 Å². The maximum atomic E-state index is 2.37. The first-order valence-corrected chi connectivity index (χ1v) is 18.1. The van der Waals surface area contributed by atoms with Gasteiger partial charge in [-0.1, -0.05) is 172 Å². The van der Waals surface area contributed by atoms with Crippen LogP contribution < -0.4 is 4.90 Å². The number of rotatable bonds is 7. The lowest BCUT2D eigenvalue weighted by Gasteiger charge is -2.29. The smallest absolute Gasteiger partial charge is 0.0462 e. The van der Waals surface area contributed by atoms with Gasteiger partial charge in [-0.15, -0.1) is 0 Å². The Morgan fingerprint density at radius 1 is 0.308 bits per heavy atom. The Hall–Kier alpha value is -6.44. The molecule has 0 aliphatic heterocycles. The number of hydrogen-bond donors (Lipinski definition) is 0. The number of fused-ring (bicyclic) bond motifs is 4. The van der Waals surface area contributed by atoms with Crippen LogP contribution in [0.25, 0.3) is 54.6 Å². The van der Waals surface area contributed by atoms with Crippen LogP contribution >= 0.6 is 0 Å². The maximum absolute atomic E-state index is 2.37. The summed E-state index contributed by atoms with van der Waals surface area (Å²) < 4.78 is 0. The van der Waals surface area contributed by atoms with Crippen LogP contribution in [0.5, 0.6) is 0 Å². The van der Waals surface area contributed by atoms with Crippen molar-refractivity contribution < 1.29 is 0 Å². The standard InChI is InChI=1S/C51H39N/c1-51(2,45-26-33-50-43(35-45)19-17-40-13-8-9-15-49(40)50)44-24-31-48(32-25-44)52(46-27-20-38(21-28-46)36-10-4-3-5-11-36)47-29-22-39(23-30-47)42-18-16-37-12-6-7-14-41(37)34-42/h3-35H,1-2H3. The molecule has 0 spiro atoms. The fourth-order valence-corrected chi connectivity index (χ4v) is 7.65. The highest BCUT2D eigenvalue weighted by atomic mass is 15.1. The predicted octanol–water partition coefficient (Wildman–Crippen LogP) is 14.3. The Kier molecular flexibility index (Phi) is 7.90. The molecule has 0 amide bonds. The molecule has 9 aromatic rings. The quantitative estimate of drug-likeness (QED) is 0.153. The number of anilines is 3. The zero-order valence-electron chi connectivity index (χ0n) is 29.5. The second-order valence-electron chi connectivity index (χ2n) is 14.3. The van der Waals surface area contributed by atoms with Crippen LogP contribution in [0.3, 0.4) is 0 Å². The summed E-state index contributed by atoms with van der Waals surface area (Å²) in [5, 5.41) is 7.67. The fraction of sp³-hybridized carbons (Fsp3) is 0.0588. The van der Waals surface area contributed by atoms with Crippen LogP contribution in [-0.2, 0) is 5.41 Å². The summed E-state index contributed by atoms with van der Waals surface area (Å²) in [6.07, 6.45) is 0. The van der Waals surface area contributed by atoms with Crippen molar-refractivity contribution in [1.29, 1.82) is 0 Å². The van der Waals surface area contributed by atoms with Gasteiger partial charge in [0.2, 0.25) is 0 Å². The summed E-state index contributed by atoms with van der Waals surface area (Å²) in [5.41, 5.74) is 10.6. The minimum Gasteiger partial charge on any atom is -0.311 e. The molecule has 0 bridgehead atoms. The van der Waals surface area contributed by atoms with E-state index in [1.54, 1.807) is 0 Å². The van der Waals surface area contributed by atoms with Gasteiger partial charge in [-0.2, -0.15) is 0 Å². The molecule has 0 atom stereocenters. The molecule has 0 N–H and O–H groups in total. The van der Waals surface area contributed by atoms with Gasteiger partial charge in [-0.05, 0) is 108 Å². The summed E-state index contributed by atoms with van der Waals surface area (Å²) in [6, 6.07) is 73.0. The SMILES string of the molecule is CC(C)(c1ccc(N(c2ccc(-c3ccccc3)cc2)c2ccc(-c3ccc4ccccc4c3)cc2)cc1)c1ccc2c(ccc3ccccc32)c1. The molecule has 0 saturated heterocycles. The first-order chi connectivity index (χ1) is 25.5. The molecule has 248 valence electrons. The van der Waals surface area contributed by atoms with Crippen molar-refractivity contribution in [3.05, 3.63) is 211 Å². The predicted molar refractivity (Wildman–Crippen MR) is 223 cm³/mol. The lowest BCUT2D eigenvalue weighted by molar-refractivity contribution is 0.642. The molecule has 0 aromatic heterocycles. The monoisotopic (exact) mass is 665 g/mol. The third kappa shape index (κ3) is 5.81. The van der Waals surface area contributed by atoms with E-state index in [2.05, 4.69) is 219 Å². The molecule has 0 unspecified atom stereocenters. The minimum atomic E-state index is -0.179. The van der Waals surface area contributed by atoms with E-state index in [9.17, 15) is 0 Å². The minimum absolute atomic E-state index is 0.179. The van der Waals surface area contributed by atoms with E-state index in [4.69, 9.17) is 0 Å². The second-order valence-corrected chi connectivity index (χ2v) is 14.3. The molecule has 9 aromatic carbocycles. The van der Waals surface area contributed by atoms with Crippen LogP contribution in [0.2, 0.25) is 0 Å². The highest BCUT2D eigenvalue weighted by molar-refractivity contribution is 6.07. The Labute approximate surface area is 306 Å². The average molecular weight is 666 g/mol. The Balaban J connectivity index is 1.07. The molecular weight excluding hydrogens is 627 g/mol. The normalized spacial score (nSPS) is 11.7. The zero-order valence-corrected chi connectivity index (χ0v) is 29.5. The summed E-state index contributed by atoms with van der Waals surface area (Å²) in [5.74, 6) is 0. The van der Waals surface area contributed by atoms with Crippen molar-refractivity contribution in [1.82, 2.24) is 0 Å². The molecule has 0 fully saturated rings. The largest absolute Gasteiger partial charge is 0.311 e. The summed E-state index contributed by atoms with van der Waals surface area (Å²) in [4.78, 5) is 2.36. The number of hydrogen-bond acceptors (Lipinski definition) is 1. The lowest BCUT2D eigenvalue weighted by atomic mass is 9.77. The fourth-order valence-electron chi connectivity index (χ4n) is 7.65. The lowest BCUT2D eigenvalue weighted by Crippen LogP contribution is -2.19. The van der Waals surface area contributed by atoms with Crippen LogP contribution in [-0.4, -0.2) is 0 Å². The maximum Gasteiger partial charge on any atom is 0.0462 e. The average Bonchev–Trinajstić information content (AvgIpc) is 3.21. The van der Waals surface area contributed by atoms with E-state index in [1.807, 2.05) is 0 Å². The first kappa shape index (κ1) is 31.5. The van der Waals surface area contributed by atoms with Crippen LogP contribution in [0.15, 0.2) is 200 Å². The Bertz CT molecular complexity index is 2670. The zero-order chi connectivity index (χ0) is 35.1. The van der Waals surface area contributed by atoms with Crippen molar-refractivity contribution >= 4 is 49.4 Å². The Morgan fingerprint density at radius 2 is 0.769 bits per heavy atom. The molecular formula is C51H39N. The van der Waals surface area contributed by atoms with Gasteiger partial charge < -0.3 is 4.90 Å². The van der Waals surface area contributed by atoms with E-state index in [0.29, 0.717) is 0 Å². The molecule has 0 radical (unpaired) electrons. The van der Waals surface area contributed by atoms with E-state index in [-0.39, 0.29) is 5.41 Å². The molecule has 9 rings (SSSR count). The van der Waals surface area contributed by atoms with Crippen LogP contribution in [0.4, 0.5) is 17.1 Å². The molecule has 0 aliphatic carbocycles. The number of benzene rings is 9. The highest BCUT2D eigenvalue weighted by Crippen LogP contribution is 2.40. The third-order valence-electron chi connectivity index (χ3n) is 10.8. The Morgan fingerprint density at radius 3 is 1.46 bits per heavy atom. The molecule has 1 nitrogen and oxygen atoms in total. The molecule has 0 heterocycles. The van der Waals surface area contributed by atoms with E-state index < -0.39 is 0 Å². The topological polar surface area (TPSA) is 3.24 Å². The van der Waals surface area contributed by atoms with E-state index >= 15 is 0 Å². The number of nitrogens with zero attached hydrogens (tertiary/aromatic N) is 1. The molecule has 0 saturated carbocycles.